The summed E-state index contributed by atoms with van der Waals surface area (Å²) in [5, 5.41) is 12.2. The molecule has 0 radical (unpaired) electrons. The van der Waals surface area contributed by atoms with Crippen LogP contribution in [0.1, 0.15) is 0 Å². The van der Waals surface area contributed by atoms with Crippen molar-refractivity contribution in [1.82, 2.24) is 0 Å². The van der Waals surface area contributed by atoms with Gasteiger partial charge in [-0.1, -0.05) is 146 Å². The second-order valence-electron chi connectivity index (χ2n) is 14.1. The molecule has 1 aromatic heterocycles. The van der Waals surface area contributed by atoms with Crippen molar-refractivity contribution in [3.8, 4) is 22.3 Å². The smallest absolute Gasteiger partial charge is 0.137 e. The minimum Gasteiger partial charge on any atom is -0.456 e. The summed E-state index contributed by atoms with van der Waals surface area (Å²) in [6.45, 7) is 0. The molecule has 2 nitrogen and oxygen atoms in total. The van der Waals surface area contributed by atoms with Gasteiger partial charge < -0.3 is 9.32 Å². The topological polar surface area (TPSA) is 16.4 Å². The van der Waals surface area contributed by atoms with Gasteiger partial charge >= 0.3 is 0 Å². The van der Waals surface area contributed by atoms with Crippen molar-refractivity contribution in [3.05, 3.63) is 200 Å². The molecule has 1 heterocycles. The van der Waals surface area contributed by atoms with Gasteiger partial charge in [-0.05, 0) is 120 Å². The van der Waals surface area contributed by atoms with Gasteiger partial charge in [0.15, 0.2) is 0 Å². The highest BCUT2D eigenvalue weighted by molar-refractivity contribution is 6.15. The zero-order valence-corrected chi connectivity index (χ0v) is 29.4. The van der Waals surface area contributed by atoms with Gasteiger partial charge in [0.25, 0.3) is 0 Å². The van der Waals surface area contributed by atoms with Gasteiger partial charge in [0.05, 0.1) is 11.1 Å². The Hall–Kier alpha value is -7.16. The van der Waals surface area contributed by atoms with Gasteiger partial charge in [-0.3, -0.25) is 0 Å². The number of nitrogens with zero attached hydrogens (tertiary/aromatic N) is 1. The van der Waals surface area contributed by atoms with Gasteiger partial charge in [-0.15, -0.1) is 0 Å². The highest BCUT2D eigenvalue weighted by atomic mass is 16.3. The molecule has 0 fully saturated rings. The highest BCUT2D eigenvalue weighted by Gasteiger charge is 2.21. The predicted molar refractivity (Wildman–Crippen MR) is 229 cm³/mol. The number of hydrogen-bond acceptors (Lipinski definition) is 2. The Morgan fingerprint density at radius 1 is 0.315 bits per heavy atom. The summed E-state index contributed by atoms with van der Waals surface area (Å²) in [6.07, 6.45) is 0. The maximum absolute atomic E-state index is 6.44. The lowest BCUT2D eigenvalue weighted by atomic mass is 9.93. The molecule has 0 bridgehead atoms. The molecule has 10 aromatic carbocycles. The van der Waals surface area contributed by atoms with E-state index in [0.717, 1.165) is 44.6 Å². The van der Waals surface area contributed by atoms with E-state index < -0.39 is 0 Å². The number of fused-ring (bicyclic) bond motifs is 9. The van der Waals surface area contributed by atoms with Crippen LogP contribution in [0.25, 0.3) is 87.3 Å². The Morgan fingerprint density at radius 2 is 0.870 bits per heavy atom. The molecule has 0 aliphatic carbocycles. The lowest BCUT2D eigenvalue weighted by Gasteiger charge is -2.27. The van der Waals surface area contributed by atoms with E-state index in [-0.39, 0.29) is 0 Å². The monoisotopic (exact) mass is 687 g/mol. The van der Waals surface area contributed by atoms with Crippen LogP contribution in [0.2, 0.25) is 0 Å². The molecule has 0 saturated carbocycles. The van der Waals surface area contributed by atoms with Crippen LogP contribution < -0.4 is 4.90 Å². The lowest BCUT2D eigenvalue weighted by molar-refractivity contribution is 0.669. The number of anilines is 3. The first-order valence-electron chi connectivity index (χ1n) is 18.5. The minimum absolute atomic E-state index is 0.868. The van der Waals surface area contributed by atoms with Crippen LogP contribution in [0.5, 0.6) is 0 Å². The molecule has 0 saturated heterocycles. The number of benzene rings is 10. The van der Waals surface area contributed by atoms with Crippen molar-refractivity contribution in [3.63, 3.8) is 0 Å². The van der Waals surface area contributed by atoms with Crippen LogP contribution in [-0.4, -0.2) is 0 Å². The Balaban J connectivity index is 1.14. The van der Waals surface area contributed by atoms with E-state index in [9.17, 15) is 0 Å². The van der Waals surface area contributed by atoms with Crippen LogP contribution in [0.15, 0.2) is 205 Å². The average molecular weight is 688 g/mol. The Bertz CT molecular complexity index is 3240. The van der Waals surface area contributed by atoms with E-state index >= 15 is 0 Å². The molecule has 0 amide bonds. The molecular weight excluding hydrogens is 655 g/mol. The summed E-state index contributed by atoms with van der Waals surface area (Å²) in [5.74, 6) is 0. The molecular formula is C52H33NO. The van der Waals surface area contributed by atoms with Gasteiger partial charge in [-0.25, -0.2) is 0 Å². The third kappa shape index (κ3) is 4.88. The van der Waals surface area contributed by atoms with Gasteiger partial charge in [0.1, 0.15) is 11.2 Å². The molecule has 0 aliphatic rings. The summed E-state index contributed by atoms with van der Waals surface area (Å²) in [4.78, 5) is 2.40. The predicted octanol–water partition coefficient (Wildman–Crippen LogP) is 15.0. The van der Waals surface area contributed by atoms with Crippen molar-refractivity contribution in [2.24, 2.45) is 0 Å². The number of rotatable bonds is 5. The number of para-hydroxylation sites is 1. The molecule has 0 spiro atoms. The zero-order chi connectivity index (χ0) is 35.6. The quantitative estimate of drug-likeness (QED) is 0.168. The molecule has 252 valence electrons. The number of hydrogen-bond donors (Lipinski definition) is 0. The highest BCUT2D eigenvalue weighted by Crippen LogP contribution is 2.45. The molecule has 11 rings (SSSR count). The van der Waals surface area contributed by atoms with E-state index in [1.54, 1.807) is 0 Å². The van der Waals surface area contributed by atoms with Crippen molar-refractivity contribution in [1.29, 1.82) is 0 Å². The van der Waals surface area contributed by atoms with Crippen molar-refractivity contribution >= 4 is 82.1 Å². The molecule has 2 heteroatoms. The van der Waals surface area contributed by atoms with E-state index in [1.807, 2.05) is 6.07 Å². The molecule has 0 aliphatic heterocycles. The Labute approximate surface area is 312 Å². The summed E-state index contributed by atoms with van der Waals surface area (Å²) in [7, 11) is 0. The summed E-state index contributed by atoms with van der Waals surface area (Å²) in [6, 6.07) is 72.4. The third-order valence-corrected chi connectivity index (χ3v) is 11.0. The van der Waals surface area contributed by atoms with Crippen LogP contribution in [0.3, 0.4) is 0 Å². The second kappa shape index (κ2) is 12.2. The Kier molecular flexibility index (Phi) is 6.90. The summed E-state index contributed by atoms with van der Waals surface area (Å²) >= 11 is 0. The molecule has 0 unspecified atom stereocenters. The van der Waals surface area contributed by atoms with Gasteiger partial charge in [-0.2, -0.15) is 0 Å². The van der Waals surface area contributed by atoms with Gasteiger partial charge in [0.2, 0.25) is 0 Å². The number of furan rings is 1. The van der Waals surface area contributed by atoms with Crippen LogP contribution in [0, 0.1) is 0 Å². The van der Waals surface area contributed by atoms with Crippen molar-refractivity contribution < 1.29 is 4.42 Å². The second-order valence-corrected chi connectivity index (χ2v) is 14.1. The fraction of sp³-hybridized carbons (Fsp3) is 0. The Morgan fingerprint density at radius 3 is 1.69 bits per heavy atom. The lowest BCUT2D eigenvalue weighted by Crippen LogP contribution is -2.10. The fourth-order valence-corrected chi connectivity index (χ4v) is 8.48. The minimum atomic E-state index is 0.868. The van der Waals surface area contributed by atoms with E-state index in [1.165, 1.54) is 59.8 Å². The standard InChI is InChI=1S/C52H33NO/c1-3-18-42-34(12-1)26-27-35-28-29-37(32-47(35)42)36-14-9-16-40(30-36)53(49-23-11-25-51-52(49)46-22-7-8-24-50(46)54-51)41-17-10-15-38(31-41)48-33-39-13-2-4-19-43(39)44-20-5-6-21-45(44)48/h1-33H. The third-order valence-electron chi connectivity index (χ3n) is 11.0. The van der Waals surface area contributed by atoms with Crippen molar-refractivity contribution in [2.75, 3.05) is 4.90 Å². The molecule has 54 heavy (non-hydrogen) atoms. The van der Waals surface area contributed by atoms with Crippen molar-refractivity contribution in [2.45, 2.75) is 0 Å². The SMILES string of the molecule is c1cc(-c2ccc3ccc4ccccc4c3c2)cc(N(c2cccc(-c3cc4ccccc4c4ccccc34)c2)c2cccc3oc4ccccc4c23)c1. The molecule has 11 aromatic rings. The zero-order valence-electron chi connectivity index (χ0n) is 29.4. The maximum Gasteiger partial charge on any atom is 0.137 e. The summed E-state index contributed by atoms with van der Waals surface area (Å²) in [5.41, 5.74) is 9.70. The van der Waals surface area contributed by atoms with Crippen LogP contribution in [0.4, 0.5) is 17.1 Å². The first kappa shape index (κ1) is 30.5. The summed E-state index contributed by atoms with van der Waals surface area (Å²) < 4.78 is 6.44. The first-order chi connectivity index (χ1) is 26.8. The van der Waals surface area contributed by atoms with E-state index in [0.29, 0.717) is 0 Å². The normalized spacial score (nSPS) is 11.7. The van der Waals surface area contributed by atoms with Crippen LogP contribution in [-0.2, 0) is 0 Å². The molecule has 0 atom stereocenters. The largest absolute Gasteiger partial charge is 0.456 e. The van der Waals surface area contributed by atoms with E-state index in [2.05, 4.69) is 199 Å². The first-order valence-corrected chi connectivity index (χ1v) is 18.5. The van der Waals surface area contributed by atoms with Crippen LogP contribution >= 0.6 is 0 Å². The van der Waals surface area contributed by atoms with Gasteiger partial charge in [0, 0.05) is 16.8 Å². The average Bonchev–Trinajstić information content (AvgIpc) is 3.63. The van der Waals surface area contributed by atoms with E-state index in [4.69, 9.17) is 4.42 Å². The maximum atomic E-state index is 6.44. The molecule has 0 N–H and O–H groups in total. The fourth-order valence-electron chi connectivity index (χ4n) is 8.48.